The lowest BCUT2D eigenvalue weighted by molar-refractivity contribution is 0.299. The van der Waals surface area contributed by atoms with Gasteiger partial charge in [-0.2, -0.15) is 0 Å². The third kappa shape index (κ3) is 2.70. The molecular weight excluding hydrogens is 284 g/mol. The third-order valence-electron chi connectivity index (χ3n) is 3.60. The largest absolute Gasteiger partial charge is 0.396 e. The normalized spacial score (nSPS) is 11.3. The van der Waals surface area contributed by atoms with Crippen LogP contribution in [0.25, 0.3) is 20.2 Å². The van der Waals surface area contributed by atoms with Crippen LogP contribution in [0.4, 0.5) is 0 Å². The first kappa shape index (κ1) is 14.2. The molecule has 3 rings (SSSR count). The van der Waals surface area contributed by atoms with Crippen molar-refractivity contribution in [1.29, 1.82) is 0 Å². The summed E-state index contributed by atoms with van der Waals surface area (Å²) in [6.45, 7) is 0.194. The van der Waals surface area contributed by atoms with Crippen LogP contribution in [0.1, 0.15) is 11.1 Å². The molecule has 108 valence electrons. The Hall–Kier alpha value is -1.75. The molecule has 1 aromatic heterocycles. The van der Waals surface area contributed by atoms with Gasteiger partial charge in [-0.15, -0.1) is 11.3 Å². The predicted octanol–water partition coefficient (Wildman–Crippen LogP) is 2.48. The zero-order valence-electron chi connectivity index (χ0n) is 11.5. The molecule has 0 fully saturated rings. The van der Waals surface area contributed by atoms with Gasteiger partial charge in [-0.3, -0.25) is 4.79 Å². The van der Waals surface area contributed by atoms with Gasteiger partial charge in [0.1, 0.15) is 0 Å². The zero-order valence-corrected chi connectivity index (χ0v) is 12.3. The smallest absolute Gasteiger partial charge is 0.195 e. The van der Waals surface area contributed by atoms with Gasteiger partial charge in [0.05, 0.1) is 0 Å². The van der Waals surface area contributed by atoms with Crippen molar-refractivity contribution in [1.82, 2.24) is 0 Å². The van der Waals surface area contributed by atoms with Crippen LogP contribution in [0.2, 0.25) is 0 Å². The number of aliphatic hydroxyl groups is 2. The van der Waals surface area contributed by atoms with Crippen LogP contribution >= 0.6 is 11.3 Å². The Balaban J connectivity index is 2.24. The van der Waals surface area contributed by atoms with Gasteiger partial charge >= 0.3 is 0 Å². The highest BCUT2D eigenvalue weighted by Gasteiger charge is 2.07. The van der Waals surface area contributed by atoms with Gasteiger partial charge in [-0.1, -0.05) is 12.1 Å². The first-order valence-corrected chi connectivity index (χ1v) is 7.74. The van der Waals surface area contributed by atoms with Crippen LogP contribution in [0.5, 0.6) is 0 Å². The van der Waals surface area contributed by atoms with Crippen LogP contribution in [0.3, 0.4) is 0 Å². The molecule has 0 saturated heterocycles. The van der Waals surface area contributed by atoms with E-state index in [1.54, 1.807) is 11.3 Å². The van der Waals surface area contributed by atoms with E-state index in [1.807, 2.05) is 36.4 Å². The average molecular weight is 300 g/mol. The van der Waals surface area contributed by atoms with E-state index in [1.165, 1.54) is 0 Å². The molecule has 4 heteroatoms. The Labute approximate surface area is 126 Å². The molecule has 0 aliphatic heterocycles. The lowest BCUT2D eigenvalue weighted by atomic mass is 10.1. The minimum atomic E-state index is 0.0362. The number of rotatable bonds is 4. The Morgan fingerprint density at radius 1 is 0.810 bits per heavy atom. The number of hydrogen-bond acceptors (Lipinski definition) is 4. The standard InChI is InChI=1S/C17H16O3S/c18-7-5-11-2-4-15-14(9-11)17(20)13-3-1-12(6-8-19)10-16(13)21-15/h1-4,9-10,18-19H,5-8H2. The molecule has 0 bridgehead atoms. The van der Waals surface area contributed by atoms with Gasteiger partial charge in [0.15, 0.2) is 5.43 Å². The van der Waals surface area contributed by atoms with E-state index >= 15 is 0 Å². The molecule has 0 saturated carbocycles. The van der Waals surface area contributed by atoms with Crippen molar-refractivity contribution < 1.29 is 10.2 Å². The van der Waals surface area contributed by atoms with Crippen molar-refractivity contribution in [3.63, 3.8) is 0 Å². The molecule has 0 aliphatic rings. The van der Waals surface area contributed by atoms with Crippen LogP contribution in [0.15, 0.2) is 41.2 Å². The van der Waals surface area contributed by atoms with E-state index in [9.17, 15) is 4.79 Å². The van der Waals surface area contributed by atoms with Gasteiger partial charge < -0.3 is 10.2 Å². The molecule has 2 N–H and O–H groups in total. The fourth-order valence-electron chi connectivity index (χ4n) is 2.52. The number of hydrogen-bond donors (Lipinski definition) is 2. The summed E-state index contributed by atoms with van der Waals surface area (Å²) in [5.74, 6) is 0. The molecular formula is C17H16O3S. The van der Waals surface area contributed by atoms with E-state index in [0.29, 0.717) is 18.2 Å². The first-order valence-electron chi connectivity index (χ1n) is 6.93. The molecule has 1 heterocycles. The topological polar surface area (TPSA) is 57.5 Å². The lowest BCUT2D eigenvalue weighted by Gasteiger charge is -2.05. The fourth-order valence-corrected chi connectivity index (χ4v) is 3.63. The molecule has 21 heavy (non-hydrogen) atoms. The highest BCUT2D eigenvalue weighted by Crippen LogP contribution is 2.26. The van der Waals surface area contributed by atoms with Crippen LogP contribution in [-0.2, 0) is 12.8 Å². The summed E-state index contributed by atoms with van der Waals surface area (Å²) in [6.07, 6.45) is 1.16. The second-order valence-electron chi connectivity index (χ2n) is 5.04. The first-order chi connectivity index (χ1) is 10.2. The quantitative estimate of drug-likeness (QED) is 0.728. The molecule has 2 aromatic carbocycles. The molecule has 0 aliphatic carbocycles. The highest BCUT2D eigenvalue weighted by atomic mass is 32.1. The minimum Gasteiger partial charge on any atom is -0.396 e. The molecule has 0 atom stereocenters. The van der Waals surface area contributed by atoms with E-state index < -0.39 is 0 Å². The molecule has 0 amide bonds. The Morgan fingerprint density at radius 2 is 1.48 bits per heavy atom. The second-order valence-corrected chi connectivity index (χ2v) is 6.12. The molecule has 0 unspecified atom stereocenters. The van der Waals surface area contributed by atoms with E-state index in [-0.39, 0.29) is 18.6 Å². The van der Waals surface area contributed by atoms with E-state index in [4.69, 9.17) is 10.2 Å². The summed E-state index contributed by atoms with van der Waals surface area (Å²) in [7, 11) is 0. The lowest BCUT2D eigenvalue weighted by Crippen LogP contribution is -2.03. The van der Waals surface area contributed by atoms with Crippen LogP contribution < -0.4 is 5.43 Å². The van der Waals surface area contributed by atoms with Gasteiger partial charge in [-0.25, -0.2) is 0 Å². The van der Waals surface area contributed by atoms with Crippen molar-refractivity contribution in [2.75, 3.05) is 13.2 Å². The summed E-state index contributed by atoms with van der Waals surface area (Å²) in [5, 5.41) is 19.5. The number of benzene rings is 2. The summed E-state index contributed by atoms with van der Waals surface area (Å²) >= 11 is 1.59. The zero-order chi connectivity index (χ0) is 14.8. The van der Waals surface area contributed by atoms with Crippen molar-refractivity contribution in [3.05, 3.63) is 57.7 Å². The Morgan fingerprint density at radius 3 is 2.19 bits per heavy atom. The Kier molecular flexibility index (Phi) is 4.01. The minimum absolute atomic E-state index is 0.0362. The summed E-state index contributed by atoms with van der Waals surface area (Å²) in [6, 6.07) is 11.5. The molecule has 0 spiro atoms. The highest BCUT2D eigenvalue weighted by molar-refractivity contribution is 7.24. The summed E-state index contributed by atoms with van der Waals surface area (Å²) < 4.78 is 1.91. The molecule has 3 aromatic rings. The van der Waals surface area contributed by atoms with Gasteiger partial charge in [0.25, 0.3) is 0 Å². The van der Waals surface area contributed by atoms with Crippen molar-refractivity contribution in [2.24, 2.45) is 0 Å². The van der Waals surface area contributed by atoms with E-state index in [0.717, 1.165) is 25.9 Å². The second kappa shape index (κ2) is 5.93. The molecule has 3 nitrogen and oxygen atoms in total. The van der Waals surface area contributed by atoms with Crippen LogP contribution in [0, 0.1) is 0 Å². The SMILES string of the molecule is O=c1c2ccc(CCO)cc2sc2ccc(CCO)cc12. The fraction of sp³-hybridized carbons (Fsp3) is 0.235. The maximum atomic E-state index is 12.6. The van der Waals surface area contributed by atoms with Crippen molar-refractivity contribution in [3.8, 4) is 0 Å². The Bertz CT molecular complexity index is 852. The third-order valence-corrected chi connectivity index (χ3v) is 4.73. The predicted molar refractivity (Wildman–Crippen MR) is 87.2 cm³/mol. The number of aliphatic hydroxyl groups excluding tert-OH is 2. The van der Waals surface area contributed by atoms with Crippen molar-refractivity contribution in [2.45, 2.75) is 12.8 Å². The average Bonchev–Trinajstić information content (AvgIpc) is 2.49. The van der Waals surface area contributed by atoms with Gasteiger partial charge in [0, 0.05) is 33.4 Å². The van der Waals surface area contributed by atoms with Crippen LogP contribution in [-0.4, -0.2) is 23.4 Å². The van der Waals surface area contributed by atoms with E-state index in [2.05, 4.69) is 0 Å². The van der Waals surface area contributed by atoms with Gasteiger partial charge in [-0.05, 0) is 48.2 Å². The molecule has 0 radical (unpaired) electrons. The maximum Gasteiger partial charge on any atom is 0.195 e. The summed E-state index contributed by atoms with van der Waals surface area (Å²) in [5.41, 5.74) is 2.05. The maximum absolute atomic E-state index is 12.6. The number of fused-ring (bicyclic) bond motifs is 2. The monoisotopic (exact) mass is 300 g/mol. The van der Waals surface area contributed by atoms with Crippen molar-refractivity contribution >= 4 is 31.5 Å². The van der Waals surface area contributed by atoms with Gasteiger partial charge in [0.2, 0.25) is 0 Å². The summed E-state index contributed by atoms with van der Waals surface area (Å²) in [4.78, 5) is 12.6.